The number of unbranched alkanes of at least 4 members (excludes halogenated alkanes) is 1. The highest BCUT2D eigenvalue weighted by Crippen LogP contribution is 2.26. The van der Waals surface area contributed by atoms with Crippen molar-refractivity contribution >= 4 is 11.6 Å². The lowest BCUT2D eigenvalue weighted by Crippen LogP contribution is -2.26. The molecule has 1 atom stereocenters. The largest absolute Gasteiger partial charge is 0.309 e. The Morgan fingerprint density at radius 1 is 1.42 bits per heavy atom. The molecule has 1 rings (SSSR count). The molecule has 0 spiro atoms. The maximum Gasteiger partial charge on any atom is 0.0834 e. The van der Waals surface area contributed by atoms with E-state index in [4.69, 9.17) is 11.6 Å². The molecule has 1 N–H and O–H groups in total. The first kappa shape index (κ1) is 16.5. The highest BCUT2D eigenvalue weighted by molar-refractivity contribution is 6.31. The van der Waals surface area contributed by atoms with Gasteiger partial charge in [-0.15, -0.1) is 0 Å². The van der Waals surface area contributed by atoms with Crippen LogP contribution in [0.4, 0.5) is 0 Å². The molecule has 5 heteroatoms. The van der Waals surface area contributed by atoms with Gasteiger partial charge in [-0.05, 0) is 27.1 Å². The third-order valence-corrected chi connectivity index (χ3v) is 3.51. The quantitative estimate of drug-likeness (QED) is 0.758. The molecular weight excluding hydrogens is 260 g/mol. The summed E-state index contributed by atoms with van der Waals surface area (Å²) in [6, 6.07) is 0.308. The van der Waals surface area contributed by atoms with E-state index in [1.54, 1.807) is 6.20 Å². The zero-order valence-corrected chi connectivity index (χ0v) is 13.4. The number of nitrogens with zero attached hydrogens (tertiary/aromatic N) is 3. The molecule has 4 nitrogen and oxygen atoms in total. The van der Waals surface area contributed by atoms with Crippen LogP contribution in [-0.2, 0) is 6.54 Å². The lowest BCUT2D eigenvalue weighted by atomic mass is 10.1. The summed E-state index contributed by atoms with van der Waals surface area (Å²) in [6.07, 6.45) is 5.28. The van der Waals surface area contributed by atoms with Crippen molar-refractivity contribution < 1.29 is 0 Å². The average Bonchev–Trinajstić information content (AvgIpc) is 2.73. The van der Waals surface area contributed by atoms with Gasteiger partial charge < -0.3 is 10.2 Å². The predicted octanol–water partition coefficient (Wildman–Crippen LogP) is 2.94. The van der Waals surface area contributed by atoms with Gasteiger partial charge in [-0.1, -0.05) is 38.3 Å². The fourth-order valence-electron chi connectivity index (χ4n) is 2.18. The SMILES string of the molecule is CCCCC(NCC)c1c(Cl)cnn1CCN(C)C. The van der Waals surface area contributed by atoms with Gasteiger partial charge in [0.1, 0.15) is 0 Å². The Bertz CT molecular complexity index is 362. The van der Waals surface area contributed by atoms with Crippen LogP contribution in [-0.4, -0.2) is 41.9 Å². The highest BCUT2D eigenvalue weighted by atomic mass is 35.5. The fraction of sp³-hybridized carbons (Fsp3) is 0.786. The molecule has 1 unspecified atom stereocenters. The number of aromatic nitrogens is 2. The first-order valence-corrected chi connectivity index (χ1v) is 7.57. The van der Waals surface area contributed by atoms with Gasteiger partial charge in [-0.25, -0.2) is 0 Å². The molecule has 0 fully saturated rings. The Kier molecular flexibility index (Phi) is 7.42. The second-order valence-corrected chi connectivity index (χ2v) is 5.56. The summed E-state index contributed by atoms with van der Waals surface area (Å²) in [6.45, 7) is 7.14. The summed E-state index contributed by atoms with van der Waals surface area (Å²) in [5.41, 5.74) is 1.14. The first-order valence-electron chi connectivity index (χ1n) is 7.19. The molecule has 0 saturated heterocycles. The molecule has 0 saturated carbocycles. The molecule has 0 aliphatic carbocycles. The lowest BCUT2D eigenvalue weighted by Gasteiger charge is -2.20. The van der Waals surface area contributed by atoms with Gasteiger partial charge in [0, 0.05) is 6.54 Å². The second kappa shape index (κ2) is 8.56. The maximum absolute atomic E-state index is 6.33. The van der Waals surface area contributed by atoms with E-state index in [1.807, 2.05) is 4.68 Å². The average molecular weight is 287 g/mol. The maximum atomic E-state index is 6.33. The van der Waals surface area contributed by atoms with E-state index in [9.17, 15) is 0 Å². The summed E-state index contributed by atoms with van der Waals surface area (Å²) in [5, 5.41) is 8.73. The van der Waals surface area contributed by atoms with Gasteiger partial charge in [-0.3, -0.25) is 4.68 Å². The van der Waals surface area contributed by atoms with E-state index < -0.39 is 0 Å². The van der Waals surface area contributed by atoms with E-state index in [1.165, 1.54) is 12.8 Å². The Hall–Kier alpha value is -0.580. The van der Waals surface area contributed by atoms with Crippen LogP contribution < -0.4 is 5.32 Å². The van der Waals surface area contributed by atoms with Crippen molar-refractivity contribution in [3.8, 4) is 0 Å². The van der Waals surface area contributed by atoms with E-state index in [2.05, 4.69) is 43.3 Å². The van der Waals surface area contributed by atoms with Gasteiger partial charge in [-0.2, -0.15) is 5.10 Å². The van der Waals surface area contributed by atoms with E-state index >= 15 is 0 Å². The van der Waals surface area contributed by atoms with Crippen LogP contribution in [0.15, 0.2) is 6.20 Å². The van der Waals surface area contributed by atoms with Gasteiger partial charge >= 0.3 is 0 Å². The van der Waals surface area contributed by atoms with Crippen molar-refractivity contribution in [1.82, 2.24) is 20.0 Å². The van der Waals surface area contributed by atoms with E-state index in [-0.39, 0.29) is 0 Å². The zero-order chi connectivity index (χ0) is 14.3. The van der Waals surface area contributed by atoms with Crippen LogP contribution in [0.1, 0.15) is 44.8 Å². The van der Waals surface area contributed by atoms with Gasteiger partial charge in [0.2, 0.25) is 0 Å². The first-order chi connectivity index (χ1) is 9.10. The zero-order valence-electron chi connectivity index (χ0n) is 12.6. The number of likely N-dealkylation sites (N-methyl/N-ethyl adjacent to an activating group) is 1. The number of halogens is 1. The van der Waals surface area contributed by atoms with Crippen molar-refractivity contribution in [1.29, 1.82) is 0 Å². The van der Waals surface area contributed by atoms with Crippen molar-refractivity contribution in [3.05, 3.63) is 16.9 Å². The molecule has 0 aliphatic rings. The molecule has 0 bridgehead atoms. The molecule has 0 aliphatic heterocycles. The molecule has 1 heterocycles. The third kappa shape index (κ3) is 5.13. The fourth-order valence-corrected chi connectivity index (χ4v) is 2.45. The van der Waals surface area contributed by atoms with Gasteiger partial charge in [0.25, 0.3) is 0 Å². The summed E-state index contributed by atoms with van der Waals surface area (Å²) < 4.78 is 2.05. The predicted molar refractivity (Wildman–Crippen MR) is 81.7 cm³/mol. The number of hydrogen-bond acceptors (Lipinski definition) is 3. The topological polar surface area (TPSA) is 33.1 Å². The smallest absolute Gasteiger partial charge is 0.0834 e. The monoisotopic (exact) mass is 286 g/mol. The van der Waals surface area contributed by atoms with Crippen LogP contribution in [0.3, 0.4) is 0 Å². The summed E-state index contributed by atoms with van der Waals surface area (Å²) in [5.74, 6) is 0. The number of hydrogen-bond donors (Lipinski definition) is 1. The Morgan fingerprint density at radius 2 is 2.16 bits per heavy atom. The molecule has 19 heavy (non-hydrogen) atoms. The van der Waals surface area contributed by atoms with Crippen LogP contribution in [0.25, 0.3) is 0 Å². The van der Waals surface area contributed by atoms with Gasteiger partial charge in [0.15, 0.2) is 0 Å². The summed E-state index contributed by atoms with van der Waals surface area (Å²) in [4.78, 5) is 2.16. The summed E-state index contributed by atoms with van der Waals surface area (Å²) >= 11 is 6.33. The van der Waals surface area contributed by atoms with Crippen LogP contribution in [0.5, 0.6) is 0 Å². The number of rotatable bonds is 9. The van der Waals surface area contributed by atoms with Crippen molar-refractivity contribution in [3.63, 3.8) is 0 Å². The number of nitrogens with one attached hydrogen (secondary N) is 1. The third-order valence-electron chi connectivity index (χ3n) is 3.22. The Morgan fingerprint density at radius 3 is 2.74 bits per heavy atom. The standard InChI is InChI=1S/C14H27ClN4/c1-5-7-8-13(16-6-2)14-12(15)11-17-19(14)10-9-18(3)4/h11,13,16H,5-10H2,1-4H3. The molecule has 1 aromatic rings. The highest BCUT2D eigenvalue weighted by Gasteiger charge is 2.19. The molecule has 1 aromatic heterocycles. The van der Waals surface area contributed by atoms with Crippen LogP contribution >= 0.6 is 11.6 Å². The normalized spacial score (nSPS) is 13.2. The lowest BCUT2D eigenvalue weighted by molar-refractivity contribution is 0.359. The molecule has 0 aromatic carbocycles. The molecule has 0 radical (unpaired) electrons. The molecular formula is C14H27ClN4. The van der Waals surface area contributed by atoms with Crippen molar-refractivity contribution in [2.24, 2.45) is 0 Å². The Labute approximate surface area is 122 Å². The summed E-state index contributed by atoms with van der Waals surface area (Å²) in [7, 11) is 4.15. The van der Waals surface area contributed by atoms with Gasteiger partial charge in [0.05, 0.1) is 29.5 Å². The molecule has 0 amide bonds. The Balaban J connectivity index is 2.83. The minimum absolute atomic E-state index is 0.308. The van der Waals surface area contributed by atoms with E-state index in [0.717, 1.165) is 36.8 Å². The van der Waals surface area contributed by atoms with E-state index in [0.29, 0.717) is 6.04 Å². The molecule has 110 valence electrons. The second-order valence-electron chi connectivity index (χ2n) is 5.16. The minimum atomic E-state index is 0.308. The van der Waals surface area contributed by atoms with Crippen molar-refractivity contribution in [2.75, 3.05) is 27.2 Å². The van der Waals surface area contributed by atoms with Crippen LogP contribution in [0, 0.1) is 0 Å². The van der Waals surface area contributed by atoms with Crippen molar-refractivity contribution in [2.45, 2.75) is 45.7 Å². The minimum Gasteiger partial charge on any atom is -0.309 e. The van der Waals surface area contributed by atoms with Crippen LogP contribution in [0.2, 0.25) is 5.02 Å².